The van der Waals surface area contributed by atoms with Crippen LogP contribution in [0.25, 0.3) is 0 Å². The molecule has 0 saturated heterocycles. The number of benzene rings is 1. The fourth-order valence-corrected chi connectivity index (χ4v) is 1.64. The Morgan fingerprint density at radius 1 is 1.37 bits per heavy atom. The van der Waals surface area contributed by atoms with Crippen LogP contribution in [0.15, 0.2) is 24.3 Å². The summed E-state index contributed by atoms with van der Waals surface area (Å²) in [5, 5.41) is 13.5. The zero-order valence-corrected chi connectivity index (χ0v) is 12.6. The van der Waals surface area contributed by atoms with Gasteiger partial charge in [0.1, 0.15) is 5.75 Å². The molecular weight excluding hydrogens is 240 g/mol. The first-order chi connectivity index (χ1) is 8.86. The van der Waals surface area contributed by atoms with Crippen molar-refractivity contribution in [1.82, 2.24) is 10.2 Å². The van der Waals surface area contributed by atoms with Crippen LogP contribution >= 0.6 is 0 Å². The molecule has 0 heterocycles. The molecule has 0 aliphatic rings. The monoisotopic (exact) mass is 266 g/mol. The molecule has 1 rings (SSSR count). The van der Waals surface area contributed by atoms with E-state index >= 15 is 0 Å². The van der Waals surface area contributed by atoms with Gasteiger partial charge in [-0.15, -0.1) is 0 Å². The summed E-state index contributed by atoms with van der Waals surface area (Å²) in [6, 6.07) is 7.54. The Kier molecular flexibility index (Phi) is 5.79. The molecule has 1 atom stereocenters. The predicted octanol–water partition coefficient (Wildman–Crippen LogP) is 1.66. The molecule has 0 amide bonds. The van der Waals surface area contributed by atoms with Crippen molar-refractivity contribution in [3.05, 3.63) is 29.8 Å². The molecule has 4 heteroatoms. The smallest absolute Gasteiger partial charge is 0.119 e. The van der Waals surface area contributed by atoms with Gasteiger partial charge in [-0.05, 0) is 45.6 Å². The Bertz CT molecular complexity index is 391. The minimum Gasteiger partial charge on any atom is -0.497 e. The number of rotatable bonds is 7. The second-order valence-corrected chi connectivity index (χ2v) is 5.63. The molecule has 0 spiro atoms. The lowest BCUT2D eigenvalue weighted by molar-refractivity contribution is 0.152. The lowest BCUT2D eigenvalue weighted by Gasteiger charge is -2.33. The van der Waals surface area contributed by atoms with Gasteiger partial charge in [0.25, 0.3) is 0 Å². The Morgan fingerprint density at radius 3 is 2.63 bits per heavy atom. The van der Waals surface area contributed by atoms with Gasteiger partial charge >= 0.3 is 0 Å². The van der Waals surface area contributed by atoms with E-state index in [4.69, 9.17) is 4.74 Å². The fourth-order valence-electron chi connectivity index (χ4n) is 1.64. The Morgan fingerprint density at radius 2 is 2.05 bits per heavy atom. The first-order valence-corrected chi connectivity index (χ1v) is 6.57. The number of ether oxygens (including phenoxy) is 1. The summed E-state index contributed by atoms with van der Waals surface area (Å²) in [5.74, 6) is 0.769. The van der Waals surface area contributed by atoms with Crippen LogP contribution in [0.4, 0.5) is 0 Å². The van der Waals surface area contributed by atoms with Gasteiger partial charge in [-0.3, -0.25) is 0 Å². The molecule has 2 N–H and O–H groups in total. The highest BCUT2D eigenvalue weighted by Crippen LogP contribution is 2.18. The molecule has 4 nitrogen and oxygen atoms in total. The lowest BCUT2D eigenvalue weighted by atomic mass is 10.0. The molecule has 1 aromatic carbocycles. The summed E-state index contributed by atoms with van der Waals surface area (Å²) in [6.45, 7) is 5.68. The van der Waals surface area contributed by atoms with Crippen molar-refractivity contribution in [2.75, 3.05) is 34.3 Å². The number of nitrogens with one attached hydrogen (secondary N) is 1. The summed E-state index contributed by atoms with van der Waals surface area (Å²) in [6.07, 6.45) is -0.520. The van der Waals surface area contributed by atoms with Crippen LogP contribution in [-0.4, -0.2) is 49.8 Å². The van der Waals surface area contributed by atoms with Gasteiger partial charge in [-0.1, -0.05) is 12.1 Å². The molecule has 0 radical (unpaired) electrons. The van der Waals surface area contributed by atoms with E-state index in [2.05, 4.69) is 38.2 Å². The van der Waals surface area contributed by atoms with Crippen LogP contribution in [-0.2, 0) is 0 Å². The molecule has 0 aromatic heterocycles. The second kappa shape index (κ2) is 6.89. The molecule has 1 aromatic rings. The maximum atomic E-state index is 10.1. The van der Waals surface area contributed by atoms with Gasteiger partial charge in [-0.2, -0.15) is 0 Å². The summed E-state index contributed by atoms with van der Waals surface area (Å²) >= 11 is 0. The van der Waals surface area contributed by atoms with E-state index in [1.54, 1.807) is 7.11 Å². The number of hydrogen-bond acceptors (Lipinski definition) is 4. The molecule has 0 aliphatic carbocycles. The van der Waals surface area contributed by atoms with Crippen molar-refractivity contribution in [3.8, 4) is 5.75 Å². The molecular formula is C15H26N2O2. The van der Waals surface area contributed by atoms with Crippen molar-refractivity contribution in [2.45, 2.75) is 25.5 Å². The quantitative estimate of drug-likeness (QED) is 0.788. The van der Waals surface area contributed by atoms with E-state index in [9.17, 15) is 5.11 Å². The molecule has 1 unspecified atom stereocenters. The van der Waals surface area contributed by atoms with Crippen LogP contribution in [0.1, 0.15) is 25.5 Å². The molecule has 108 valence electrons. The number of methoxy groups -OCH3 is 1. The Hall–Kier alpha value is -1.10. The first-order valence-electron chi connectivity index (χ1n) is 6.57. The number of aliphatic hydroxyl groups excluding tert-OH is 1. The summed E-state index contributed by atoms with van der Waals surface area (Å²) in [5.41, 5.74) is 0.934. The highest BCUT2D eigenvalue weighted by atomic mass is 16.5. The number of hydrogen-bond donors (Lipinski definition) is 2. The zero-order valence-electron chi connectivity index (χ0n) is 12.6. The third-order valence-electron chi connectivity index (χ3n) is 3.58. The van der Waals surface area contributed by atoms with Crippen LogP contribution in [0.5, 0.6) is 5.75 Å². The minimum atomic E-state index is -0.520. The maximum Gasteiger partial charge on any atom is 0.119 e. The van der Waals surface area contributed by atoms with Crippen molar-refractivity contribution >= 4 is 0 Å². The Labute approximate surface area is 116 Å². The number of nitrogens with zero attached hydrogens (tertiary/aromatic N) is 1. The molecule has 0 bridgehead atoms. The third-order valence-corrected chi connectivity index (χ3v) is 3.58. The zero-order chi connectivity index (χ0) is 14.5. The van der Waals surface area contributed by atoms with E-state index in [0.29, 0.717) is 6.54 Å². The summed E-state index contributed by atoms with van der Waals surface area (Å²) in [7, 11) is 5.74. The van der Waals surface area contributed by atoms with Crippen molar-refractivity contribution < 1.29 is 9.84 Å². The number of likely N-dealkylation sites (N-methyl/N-ethyl adjacent to an activating group) is 1. The predicted molar refractivity (Wildman–Crippen MR) is 78.6 cm³/mol. The van der Waals surface area contributed by atoms with E-state index in [1.165, 1.54) is 0 Å². The summed E-state index contributed by atoms with van der Waals surface area (Å²) in [4.78, 5) is 2.16. The van der Waals surface area contributed by atoms with Crippen LogP contribution in [0.3, 0.4) is 0 Å². The average Bonchev–Trinajstić information content (AvgIpc) is 2.38. The van der Waals surface area contributed by atoms with E-state index in [-0.39, 0.29) is 5.54 Å². The number of aliphatic hydroxyl groups is 1. The topological polar surface area (TPSA) is 44.7 Å². The van der Waals surface area contributed by atoms with Gasteiger partial charge in [0.2, 0.25) is 0 Å². The normalized spacial score (nSPS) is 13.6. The van der Waals surface area contributed by atoms with Crippen molar-refractivity contribution in [1.29, 1.82) is 0 Å². The third kappa shape index (κ3) is 4.82. The lowest BCUT2D eigenvalue weighted by Crippen LogP contribution is -2.47. The van der Waals surface area contributed by atoms with E-state index in [1.807, 2.05) is 24.3 Å². The first kappa shape index (κ1) is 16.0. The standard InChI is InChI=1S/C15H26N2O2/c1-15(2,17(3)4)11-16-10-14(18)12-7-6-8-13(9-12)19-5/h6-9,14,16,18H,10-11H2,1-5H3. The maximum absolute atomic E-state index is 10.1. The van der Waals surface area contributed by atoms with Gasteiger partial charge < -0.3 is 20.1 Å². The molecule has 0 saturated carbocycles. The SMILES string of the molecule is COc1cccc(C(O)CNCC(C)(C)N(C)C)c1. The highest BCUT2D eigenvalue weighted by molar-refractivity contribution is 5.29. The van der Waals surface area contributed by atoms with Crippen LogP contribution in [0.2, 0.25) is 0 Å². The average molecular weight is 266 g/mol. The Balaban J connectivity index is 2.49. The minimum absolute atomic E-state index is 0.0636. The molecule has 0 aliphatic heterocycles. The van der Waals surface area contributed by atoms with E-state index < -0.39 is 6.10 Å². The van der Waals surface area contributed by atoms with Gasteiger partial charge in [-0.25, -0.2) is 0 Å². The second-order valence-electron chi connectivity index (χ2n) is 5.63. The highest BCUT2D eigenvalue weighted by Gasteiger charge is 2.20. The van der Waals surface area contributed by atoms with Crippen molar-refractivity contribution in [2.24, 2.45) is 0 Å². The molecule has 19 heavy (non-hydrogen) atoms. The van der Waals surface area contributed by atoms with Gasteiger partial charge in [0, 0.05) is 18.6 Å². The van der Waals surface area contributed by atoms with Gasteiger partial charge in [0.05, 0.1) is 13.2 Å². The fraction of sp³-hybridized carbons (Fsp3) is 0.600. The van der Waals surface area contributed by atoms with Gasteiger partial charge in [0.15, 0.2) is 0 Å². The molecule has 0 fully saturated rings. The van der Waals surface area contributed by atoms with E-state index in [0.717, 1.165) is 17.9 Å². The van der Waals surface area contributed by atoms with Crippen LogP contribution < -0.4 is 10.1 Å². The van der Waals surface area contributed by atoms with Crippen molar-refractivity contribution in [3.63, 3.8) is 0 Å². The largest absolute Gasteiger partial charge is 0.497 e. The van der Waals surface area contributed by atoms with Crippen LogP contribution in [0, 0.1) is 0 Å². The summed E-state index contributed by atoms with van der Waals surface area (Å²) < 4.78 is 5.16.